The summed E-state index contributed by atoms with van der Waals surface area (Å²) < 4.78 is 5.44. The lowest BCUT2D eigenvalue weighted by Crippen LogP contribution is -2.38. The van der Waals surface area contributed by atoms with Crippen molar-refractivity contribution in [1.29, 1.82) is 0 Å². The number of aromatic amines is 1. The number of carbonyl (C=O) groups is 1. The molecule has 1 fully saturated rings. The molecule has 9 nitrogen and oxygen atoms in total. The van der Waals surface area contributed by atoms with E-state index in [0.717, 1.165) is 16.6 Å². The van der Waals surface area contributed by atoms with Crippen LogP contribution in [-0.2, 0) is 11.2 Å². The number of rotatable bonds is 7. The van der Waals surface area contributed by atoms with E-state index in [1.807, 2.05) is 59.5 Å². The van der Waals surface area contributed by atoms with Gasteiger partial charge in [-0.25, -0.2) is 4.98 Å². The number of imidazole rings is 1. The van der Waals surface area contributed by atoms with Gasteiger partial charge in [-0.2, -0.15) is 0 Å². The summed E-state index contributed by atoms with van der Waals surface area (Å²) >= 11 is 0. The molecule has 1 saturated heterocycles. The van der Waals surface area contributed by atoms with Crippen molar-refractivity contribution in [3.05, 3.63) is 99.9 Å². The van der Waals surface area contributed by atoms with Gasteiger partial charge in [0.15, 0.2) is 0 Å². The van der Waals surface area contributed by atoms with Gasteiger partial charge in [-0.3, -0.25) is 14.9 Å². The summed E-state index contributed by atoms with van der Waals surface area (Å²) in [4.78, 5) is 34.7. The van der Waals surface area contributed by atoms with Crippen molar-refractivity contribution >= 4 is 28.3 Å². The highest BCUT2D eigenvalue weighted by atomic mass is 16.6. The molecular formula is C26H25N5O4. The lowest BCUT2D eigenvalue weighted by molar-refractivity contribution is -0.384. The van der Waals surface area contributed by atoms with E-state index in [1.54, 1.807) is 6.07 Å². The third-order valence-electron chi connectivity index (χ3n) is 6.11. The molecule has 5 rings (SSSR count). The highest BCUT2D eigenvalue weighted by Gasteiger charge is 2.25. The molecule has 0 aliphatic carbocycles. The largest absolute Gasteiger partial charge is 0.378 e. The smallest absolute Gasteiger partial charge is 0.270 e. The number of morpholine rings is 1. The molecule has 0 spiro atoms. The van der Waals surface area contributed by atoms with E-state index in [0.29, 0.717) is 44.2 Å². The van der Waals surface area contributed by atoms with Crippen molar-refractivity contribution in [3.63, 3.8) is 0 Å². The molecule has 0 radical (unpaired) electrons. The molecule has 0 bridgehead atoms. The number of carbonyl (C=O) groups excluding carboxylic acids is 1. The Bertz CT molecular complexity index is 1320. The molecular weight excluding hydrogens is 446 g/mol. The topological polar surface area (TPSA) is 113 Å². The van der Waals surface area contributed by atoms with E-state index >= 15 is 0 Å². The molecule has 35 heavy (non-hydrogen) atoms. The Kier molecular flexibility index (Phi) is 6.40. The first-order valence-electron chi connectivity index (χ1n) is 11.5. The molecule has 4 aromatic rings. The van der Waals surface area contributed by atoms with E-state index in [-0.39, 0.29) is 11.3 Å². The second kappa shape index (κ2) is 9.94. The number of aromatic nitrogens is 2. The van der Waals surface area contributed by atoms with Crippen molar-refractivity contribution < 1.29 is 14.5 Å². The summed E-state index contributed by atoms with van der Waals surface area (Å²) in [5.41, 5.74) is 3.49. The summed E-state index contributed by atoms with van der Waals surface area (Å²) in [6.45, 7) is 2.28. The summed E-state index contributed by atoms with van der Waals surface area (Å²) in [6, 6.07) is 21.5. The van der Waals surface area contributed by atoms with Gasteiger partial charge in [-0.1, -0.05) is 42.5 Å². The monoisotopic (exact) mass is 471 g/mol. The third-order valence-corrected chi connectivity index (χ3v) is 6.11. The maximum Gasteiger partial charge on any atom is 0.270 e. The quantitative estimate of drug-likeness (QED) is 0.311. The molecule has 0 unspecified atom stereocenters. The van der Waals surface area contributed by atoms with Crippen LogP contribution < -0.4 is 10.2 Å². The van der Waals surface area contributed by atoms with Crippen LogP contribution in [0.1, 0.15) is 27.8 Å². The molecule has 2 N–H and O–H groups in total. The van der Waals surface area contributed by atoms with Gasteiger partial charge in [0.25, 0.3) is 11.6 Å². The number of H-pyrrole nitrogens is 1. The van der Waals surface area contributed by atoms with Crippen LogP contribution in [-0.4, -0.2) is 47.1 Å². The summed E-state index contributed by atoms with van der Waals surface area (Å²) in [7, 11) is 0. The first kappa shape index (κ1) is 22.5. The lowest BCUT2D eigenvalue weighted by Gasteiger charge is -2.30. The first-order chi connectivity index (χ1) is 17.1. The number of hydrogen-bond donors (Lipinski definition) is 2. The predicted molar refractivity (Wildman–Crippen MR) is 133 cm³/mol. The minimum Gasteiger partial charge on any atom is -0.378 e. The first-order valence-corrected chi connectivity index (χ1v) is 11.5. The highest BCUT2D eigenvalue weighted by molar-refractivity contribution is 6.00. The number of benzene rings is 3. The van der Waals surface area contributed by atoms with Crippen LogP contribution in [0.4, 0.5) is 11.4 Å². The second-order valence-electron chi connectivity index (χ2n) is 8.41. The Morgan fingerprint density at radius 1 is 1.09 bits per heavy atom. The molecule has 3 aromatic carbocycles. The fraction of sp³-hybridized carbons (Fsp3) is 0.231. The van der Waals surface area contributed by atoms with Crippen LogP contribution in [0.15, 0.2) is 72.8 Å². The Labute approximate surface area is 201 Å². The fourth-order valence-corrected chi connectivity index (χ4v) is 4.34. The number of nitro groups is 1. The van der Waals surface area contributed by atoms with Crippen LogP contribution in [0.2, 0.25) is 0 Å². The zero-order valence-corrected chi connectivity index (χ0v) is 19.0. The fourth-order valence-electron chi connectivity index (χ4n) is 4.34. The Hall–Kier alpha value is -4.24. The maximum absolute atomic E-state index is 13.6. The molecule has 1 aliphatic heterocycles. The average molecular weight is 472 g/mol. The number of para-hydroxylation sites is 2. The van der Waals surface area contributed by atoms with Crippen LogP contribution >= 0.6 is 0 Å². The van der Waals surface area contributed by atoms with Gasteiger partial charge in [0.1, 0.15) is 5.82 Å². The van der Waals surface area contributed by atoms with Gasteiger partial charge in [0.2, 0.25) is 0 Å². The normalized spacial score (nSPS) is 14.6. The number of fused-ring (bicyclic) bond motifs is 1. The van der Waals surface area contributed by atoms with Gasteiger partial charge in [0.05, 0.1) is 46.5 Å². The highest BCUT2D eigenvalue weighted by Crippen LogP contribution is 2.28. The molecule has 2 heterocycles. The van der Waals surface area contributed by atoms with Crippen LogP contribution in [0, 0.1) is 10.1 Å². The number of non-ortho nitro benzene ring substituents is 1. The number of nitro benzene ring substituents is 1. The molecule has 9 heteroatoms. The van der Waals surface area contributed by atoms with Crippen LogP contribution in [0.3, 0.4) is 0 Å². The second-order valence-corrected chi connectivity index (χ2v) is 8.41. The Morgan fingerprint density at radius 2 is 1.83 bits per heavy atom. The standard InChI is InChI=1S/C26H25N5O4/c32-26(20-17-19(31(33)34)10-11-24(20)30-12-14-35-15-13-30)29-23(16-18-6-2-1-3-7-18)25-27-21-8-4-5-9-22(21)28-25/h1-11,17,23H,12-16H2,(H,27,28)(H,29,32)/t23-/m0/s1. The summed E-state index contributed by atoms with van der Waals surface area (Å²) in [5.74, 6) is 0.235. The lowest BCUT2D eigenvalue weighted by atomic mass is 10.0. The van der Waals surface area contributed by atoms with E-state index in [9.17, 15) is 14.9 Å². The Balaban J connectivity index is 1.50. The number of anilines is 1. The number of ether oxygens (including phenoxy) is 1. The van der Waals surface area contributed by atoms with E-state index in [2.05, 4.69) is 10.3 Å². The van der Waals surface area contributed by atoms with Crippen LogP contribution in [0.5, 0.6) is 0 Å². The van der Waals surface area contributed by atoms with Crippen molar-refractivity contribution in [1.82, 2.24) is 15.3 Å². The van der Waals surface area contributed by atoms with E-state index in [1.165, 1.54) is 12.1 Å². The minimum absolute atomic E-state index is 0.129. The van der Waals surface area contributed by atoms with Gasteiger partial charge in [-0.05, 0) is 30.2 Å². The maximum atomic E-state index is 13.6. The predicted octanol–water partition coefficient (Wildman–Crippen LogP) is 4.02. The average Bonchev–Trinajstić information content (AvgIpc) is 3.33. The molecule has 178 valence electrons. The Morgan fingerprint density at radius 3 is 2.57 bits per heavy atom. The van der Waals surface area contributed by atoms with Crippen molar-refractivity contribution in [2.75, 3.05) is 31.2 Å². The van der Waals surface area contributed by atoms with Gasteiger partial charge >= 0.3 is 0 Å². The minimum atomic E-state index is -0.486. The molecule has 1 aliphatic rings. The number of hydrogen-bond acceptors (Lipinski definition) is 6. The van der Waals surface area contributed by atoms with Crippen LogP contribution in [0.25, 0.3) is 11.0 Å². The van der Waals surface area contributed by atoms with Gasteiger partial charge in [0, 0.05) is 25.2 Å². The number of nitrogens with zero attached hydrogens (tertiary/aromatic N) is 3. The molecule has 1 amide bonds. The van der Waals surface area contributed by atoms with E-state index < -0.39 is 16.9 Å². The van der Waals surface area contributed by atoms with Gasteiger partial charge < -0.3 is 19.9 Å². The third kappa shape index (κ3) is 4.99. The molecule has 1 atom stereocenters. The summed E-state index contributed by atoms with van der Waals surface area (Å²) in [5, 5.41) is 14.6. The SMILES string of the molecule is O=C(N[C@@H](Cc1ccccc1)c1nc2ccccc2[nH]1)c1cc([N+](=O)[O-])ccc1N1CCOCC1. The van der Waals surface area contributed by atoms with Crippen molar-refractivity contribution in [2.24, 2.45) is 0 Å². The van der Waals surface area contributed by atoms with Crippen molar-refractivity contribution in [3.8, 4) is 0 Å². The zero-order valence-electron chi connectivity index (χ0n) is 19.0. The zero-order chi connectivity index (χ0) is 24.2. The number of amides is 1. The molecule has 0 saturated carbocycles. The summed E-state index contributed by atoms with van der Waals surface area (Å²) in [6.07, 6.45) is 0.508. The van der Waals surface area contributed by atoms with Gasteiger partial charge in [-0.15, -0.1) is 0 Å². The molecule has 1 aromatic heterocycles. The number of nitrogens with one attached hydrogen (secondary N) is 2. The van der Waals surface area contributed by atoms with E-state index in [4.69, 9.17) is 9.72 Å². The van der Waals surface area contributed by atoms with Crippen molar-refractivity contribution in [2.45, 2.75) is 12.5 Å².